The van der Waals surface area contributed by atoms with E-state index in [0.29, 0.717) is 0 Å². The maximum atomic E-state index is 2.51. The predicted molar refractivity (Wildman–Crippen MR) is 157 cm³/mol. The first-order valence-corrected chi connectivity index (χ1v) is 13.4. The highest BCUT2D eigenvalue weighted by Crippen LogP contribution is 2.65. The molecule has 8 aromatic rings. The van der Waals surface area contributed by atoms with Gasteiger partial charge in [0.1, 0.15) is 0 Å². The average molecular weight is 480 g/mol. The molecular formula is C37H21N. The minimum atomic E-state index is -0.346. The summed E-state index contributed by atoms with van der Waals surface area (Å²) in [5.41, 5.74) is 14.6. The van der Waals surface area contributed by atoms with Gasteiger partial charge in [0.25, 0.3) is 0 Å². The van der Waals surface area contributed by atoms with Crippen LogP contribution in [0.4, 0.5) is 0 Å². The molecule has 174 valence electrons. The Hall–Kier alpha value is -4.88. The second-order valence-electron chi connectivity index (χ2n) is 10.8. The lowest BCUT2D eigenvalue weighted by Crippen LogP contribution is -2.26. The first kappa shape index (κ1) is 19.3. The van der Waals surface area contributed by atoms with Crippen molar-refractivity contribution in [1.82, 2.24) is 4.40 Å². The molecule has 0 unspecified atom stereocenters. The zero-order valence-corrected chi connectivity index (χ0v) is 20.6. The highest BCUT2D eigenvalue weighted by molar-refractivity contribution is 6.27. The lowest BCUT2D eigenvalue weighted by atomic mass is 9.69. The highest BCUT2D eigenvalue weighted by atomic mass is 14.9. The molecule has 0 bridgehead atoms. The Morgan fingerprint density at radius 3 is 1.53 bits per heavy atom. The molecule has 0 atom stereocenters. The van der Waals surface area contributed by atoms with E-state index < -0.39 is 0 Å². The maximum absolute atomic E-state index is 2.51. The fraction of sp³-hybridized carbons (Fsp3) is 0.0270. The SMILES string of the molecule is c1ccc2c(c1)-c1ccccc1C21c2ccccc2-c2cc3c4ccccc4n4c5ccccc5c(c21)c34. The summed E-state index contributed by atoms with van der Waals surface area (Å²) in [4.78, 5) is 0. The van der Waals surface area contributed by atoms with Gasteiger partial charge in [-0.2, -0.15) is 0 Å². The van der Waals surface area contributed by atoms with Crippen molar-refractivity contribution < 1.29 is 0 Å². The second-order valence-corrected chi connectivity index (χ2v) is 10.8. The van der Waals surface area contributed by atoms with Crippen LogP contribution in [0.25, 0.3) is 60.3 Å². The zero-order valence-electron chi connectivity index (χ0n) is 20.6. The molecule has 0 saturated heterocycles. The molecule has 2 aliphatic carbocycles. The largest absolute Gasteiger partial charge is 0.308 e. The van der Waals surface area contributed by atoms with Crippen LogP contribution in [-0.2, 0) is 5.41 Å². The van der Waals surface area contributed by atoms with Gasteiger partial charge < -0.3 is 4.40 Å². The van der Waals surface area contributed by atoms with Crippen LogP contribution in [0.15, 0.2) is 127 Å². The molecule has 1 heteroatoms. The summed E-state index contributed by atoms with van der Waals surface area (Å²) >= 11 is 0. The van der Waals surface area contributed by atoms with E-state index in [4.69, 9.17) is 0 Å². The van der Waals surface area contributed by atoms with Crippen LogP contribution >= 0.6 is 0 Å². The van der Waals surface area contributed by atoms with Crippen molar-refractivity contribution in [2.75, 3.05) is 0 Å². The fourth-order valence-corrected chi connectivity index (χ4v) is 8.10. The monoisotopic (exact) mass is 479 g/mol. The number of rotatable bonds is 0. The Labute approximate surface area is 219 Å². The molecule has 38 heavy (non-hydrogen) atoms. The molecule has 0 fully saturated rings. The summed E-state index contributed by atoms with van der Waals surface area (Å²) in [7, 11) is 0. The summed E-state index contributed by atoms with van der Waals surface area (Å²) < 4.78 is 2.51. The Morgan fingerprint density at radius 2 is 0.895 bits per heavy atom. The third kappa shape index (κ3) is 1.89. The Balaban J connectivity index is 1.56. The highest BCUT2D eigenvalue weighted by Gasteiger charge is 2.53. The molecule has 1 nitrogen and oxygen atoms in total. The Kier molecular flexibility index (Phi) is 3.21. The summed E-state index contributed by atoms with van der Waals surface area (Å²) in [5.74, 6) is 0. The van der Waals surface area contributed by atoms with E-state index in [1.807, 2.05) is 0 Å². The van der Waals surface area contributed by atoms with E-state index in [1.54, 1.807) is 0 Å². The van der Waals surface area contributed by atoms with Gasteiger partial charge in [-0.25, -0.2) is 0 Å². The number of hydrogen-bond donors (Lipinski definition) is 0. The molecule has 0 aliphatic heterocycles. The molecule has 0 amide bonds. The standard InChI is InChI=1S/C37H21N/c1-6-16-29-22(11-1)23-12-2-7-17-30(23)37(29)31-18-8-3-13-24(31)27-21-28-25-14-4-9-19-32(25)38-33-20-10-5-15-26(33)34(35(27)37)36(28)38/h1-21H. The minimum absolute atomic E-state index is 0.346. The van der Waals surface area contributed by atoms with Gasteiger partial charge in [-0.3, -0.25) is 0 Å². The predicted octanol–water partition coefficient (Wildman–Crippen LogP) is 9.18. The van der Waals surface area contributed by atoms with Gasteiger partial charge >= 0.3 is 0 Å². The Morgan fingerprint density at radius 1 is 0.421 bits per heavy atom. The van der Waals surface area contributed by atoms with Crippen LogP contribution in [0.1, 0.15) is 22.3 Å². The van der Waals surface area contributed by atoms with Gasteiger partial charge in [-0.1, -0.05) is 109 Å². The van der Waals surface area contributed by atoms with Gasteiger partial charge in [0.15, 0.2) is 0 Å². The number of para-hydroxylation sites is 2. The summed E-state index contributed by atoms with van der Waals surface area (Å²) in [5, 5.41) is 5.40. The molecule has 0 N–H and O–H groups in total. The van der Waals surface area contributed by atoms with Gasteiger partial charge in [0.05, 0.1) is 22.0 Å². The van der Waals surface area contributed by atoms with Gasteiger partial charge in [-0.05, 0) is 62.7 Å². The van der Waals surface area contributed by atoms with Crippen molar-refractivity contribution in [3.8, 4) is 22.3 Å². The van der Waals surface area contributed by atoms with Crippen molar-refractivity contribution in [2.45, 2.75) is 5.41 Å². The molecule has 0 saturated carbocycles. The van der Waals surface area contributed by atoms with Crippen LogP contribution < -0.4 is 0 Å². The molecule has 1 spiro atoms. The summed E-state index contributed by atoms with van der Waals surface area (Å²) in [6, 6.07) is 47.7. The van der Waals surface area contributed by atoms with E-state index in [9.17, 15) is 0 Å². The number of fused-ring (bicyclic) bond motifs is 17. The average Bonchev–Trinajstić information content (AvgIpc) is 3.68. The summed E-state index contributed by atoms with van der Waals surface area (Å²) in [6.45, 7) is 0. The van der Waals surface area contributed by atoms with Gasteiger partial charge in [0.2, 0.25) is 0 Å². The molecule has 6 aromatic carbocycles. The minimum Gasteiger partial charge on any atom is -0.308 e. The second kappa shape index (κ2) is 6.33. The lowest BCUT2D eigenvalue weighted by Gasteiger charge is -2.31. The van der Waals surface area contributed by atoms with E-state index in [-0.39, 0.29) is 5.41 Å². The smallest absolute Gasteiger partial charge is 0.0732 e. The lowest BCUT2D eigenvalue weighted by molar-refractivity contribution is 0.802. The van der Waals surface area contributed by atoms with E-state index in [2.05, 4.69) is 132 Å². The van der Waals surface area contributed by atoms with Crippen LogP contribution in [0.3, 0.4) is 0 Å². The molecular weight excluding hydrogens is 458 g/mol. The molecule has 2 aliphatic rings. The van der Waals surface area contributed by atoms with Crippen LogP contribution in [0, 0.1) is 0 Å². The number of benzene rings is 6. The fourth-order valence-electron chi connectivity index (χ4n) is 8.10. The van der Waals surface area contributed by atoms with Crippen molar-refractivity contribution >= 4 is 38.1 Å². The zero-order chi connectivity index (χ0) is 24.6. The number of nitrogens with zero attached hydrogens (tertiary/aromatic N) is 1. The number of aromatic nitrogens is 1. The Bertz CT molecular complexity index is 2250. The molecule has 2 aromatic heterocycles. The van der Waals surface area contributed by atoms with Crippen LogP contribution in [0.2, 0.25) is 0 Å². The normalized spacial score (nSPS) is 14.5. The molecule has 2 heterocycles. The molecule has 0 radical (unpaired) electrons. The van der Waals surface area contributed by atoms with Gasteiger partial charge in [0, 0.05) is 21.5 Å². The molecule has 10 rings (SSSR count). The quantitative estimate of drug-likeness (QED) is 0.204. The van der Waals surface area contributed by atoms with Crippen molar-refractivity contribution in [2.24, 2.45) is 0 Å². The number of hydrogen-bond acceptors (Lipinski definition) is 0. The van der Waals surface area contributed by atoms with E-state index >= 15 is 0 Å². The third-order valence-electron chi connectivity index (χ3n) is 9.32. The first-order chi connectivity index (χ1) is 18.9. The topological polar surface area (TPSA) is 4.41 Å². The van der Waals surface area contributed by atoms with E-state index in [1.165, 1.54) is 82.6 Å². The van der Waals surface area contributed by atoms with Gasteiger partial charge in [-0.15, -0.1) is 0 Å². The van der Waals surface area contributed by atoms with Crippen molar-refractivity contribution in [3.05, 3.63) is 150 Å². The van der Waals surface area contributed by atoms with Crippen LogP contribution in [0.5, 0.6) is 0 Å². The van der Waals surface area contributed by atoms with Crippen LogP contribution in [-0.4, -0.2) is 4.40 Å². The summed E-state index contributed by atoms with van der Waals surface area (Å²) in [6.07, 6.45) is 0. The van der Waals surface area contributed by atoms with E-state index in [0.717, 1.165) is 0 Å². The van der Waals surface area contributed by atoms with Crippen molar-refractivity contribution in [3.63, 3.8) is 0 Å². The van der Waals surface area contributed by atoms with Crippen molar-refractivity contribution in [1.29, 1.82) is 0 Å². The third-order valence-corrected chi connectivity index (χ3v) is 9.32. The first-order valence-electron chi connectivity index (χ1n) is 13.4. The maximum Gasteiger partial charge on any atom is 0.0732 e.